The van der Waals surface area contributed by atoms with Crippen LogP contribution in [-0.2, 0) is 40.8 Å². The van der Waals surface area contributed by atoms with E-state index in [-0.39, 0.29) is 23.4 Å². The van der Waals surface area contributed by atoms with Gasteiger partial charge < -0.3 is 10.6 Å². The summed E-state index contributed by atoms with van der Waals surface area (Å²) in [6.45, 7) is 5.46. The van der Waals surface area contributed by atoms with E-state index < -0.39 is 5.41 Å². The molecule has 2 N–H and O–H groups in total. The number of hydrogen-bond acceptors (Lipinski definition) is 5. The van der Waals surface area contributed by atoms with Crippen molar-refractivity contribution in [3.63, 3.8) is 0 Å². The largest absolute Gasteiger partial charge is 0.349 e. The summed E-state index contributed by atoms with van der Waals surface area (Å²) in [5, 5.41) is 7.25. The molecule has 39 heavy (non-hydrogen) atoms. The number of anilines is 1. The Morgan fingerprint density at radius 1 is 0.974 bits per heavy atom. The summed E-state index contributed by atoms with van der Waals surface area (Å²) >= 11 is 0. The van der Waals surface area contributed by atoms with E-state index in [4.69, 9.17) is 4.98 Å². The third-order valence-corrected chi connectivity index (χ3v) is 8.48. The molecule has 0 radical (unpaired) electrons. The first-order valence-corrected chi connectivity index (χ1v) is 13.6. The highest BCUT2D eigenvalue weighted by molar-refractivity contribution is 6.06. The van der Waals surface area contributed by atoms with Gasteiger partial charge in [0.15, 0.2) is 0 Å². The molecule has 3 aliphatic rings. The van der Waals surface area contributed by atoms with Gasteiger partial charge in [-0.05, 0) is 74.1 Å². The summed E-state index contributed by atoms with van der Waals surface area (Å²) in [7, 11) is 0. The van der Waals surface area contributed by atoms with Crippen molar-refractivity contribution in [1.29, 1.82) is 0 Å². The molecule has 2 aromatic carbocycles. The molecule has 1 spiro atoms. The number of carbonyl (C=O) groups excluding carboxylic acids is 2. The van der Waals surface area contributed by atoms with Crippen LogP contribution in [0.5, 0.6) is 0 Å². The van der Waals surface area contributed by atoms with Crippen LogP contribution >= 0.6 is 0 Å². The molecule has 0 bridgehead atoms. The number of nitrogens with one attached hydrogen (secondary N) is 2. The zero-order valence-electron chi connectivity index (χ0n) is 22.2. The second-order valence-electron chi connectivity index (χ2n) is 11.9. The van der Waals surface area contributed by atoms with Crippen LogP contribution in [0.4, 0.5) is 5.82 Å². The number of aromatic nitrogens is 2. The fourth-order valence-electron chi connectivity index (χ4n) is 6.70. The smallest absolute Gasteiger partial charge is 0.238 e. The summed E-state index contributed by atoms with van der Waals surface area (Å²) in [5.74, 6) is 0.767. The number of nitrogens with zero attached hydrogens (tertiary/aromatic N) is 3. The predicted octanol–water partition coefficient (Wildman–Crippen LogP) is 3.94. The van der Waals surface area contributed by atoms with Crippen molar-refractivity contribution in [2.45, 2.75) is 56.7 Å². The van der Waals surface area contributed by atoms with Gasteiger partial charge in [-0.25, -0.2) is 4.98 Å². The molecule has 7 heteroatoms. The van der Waals surface area contributed by atoms with Gasteiger partial charge in [0.25, 0.3) is 0 Å². The van der Waals surface area contributed by atoms with Crippen molar-refractivity contribution in [3.05, 3.63) is 101 Å². The Labute approximate surface area is 227 Å². The van der Waals surface area contributed by atoms with Gasteiger partial charge in [0, 0.05) is 35.8 Å². The van der Waals surface area contributed by atoms with Gasteiger partial charge in [-0.1, -0.05) is 42.5 Å². The monoisotopic (exact) mass is 517 g/mol. The van der Waals surface area contributed by atoms with Crippen LogP contribution in [0.15, 0.2) is 72.9 Å². The van der Waals surface area contributed by atoms with Crippen LogP contribution in [0.2, 0.25) is 0 Å². The summed E-state index contributed by atoms with van der Waals surface area (Å²) in [4.78, 5) is 38.0. The van der Waals surface area contributed by atoms with Gasteiger partial charge in [0.05, 0.1) is 22.7 Å². The van der Waals surface area contributed by atoms with Crippen LogP contribution in [0, 0.1) is 0 Å². The zero-order valence-corrected chi connectivity index (χ0v) is 22.2. The van der Waals surface area contributed by atoms with Gasteiger partial charge in [0.1, 0.15) is 5.82 Å². The molecule has 4 heterocycles. The lowest BCUT2D eigenvalue weighted by Crippen LogP contribution is -2.64. The van der Waals surface area contributed by atoms with E-state index in [2.05, 4.69) is 70.8 Å². The number of fused-ring (bicyclic) bond motifs is 4. The molecule has 7 rings (SSSR count). The molecule has 1 fully saturated rings. The van der Waals surface area contributed by atoms with Crippen LogP contribution in [0.3, 0.4) is 0 Å². The molecule has 1 unspecified atom stereocenters. The molecular weight excluding hydrogens is 486 g/mol. The summed E-state index contributed by atoms with van der Waals surface area (Å²) in [6, 6.07) is 22.4. The lowest BCUT2D eigenvalue weighted by Gasteiger charge is -2.43. The Morgan fingerprint density at radius 2 is 1.77 bits per heavy atom. The number of piperazine rings is 1. The summed E-state index contributed by atoms with van der Waals surface area (Å²) in [6.07, 6.45) is 3.69. The molecule has 2 aromatic heterocycles. The van der Waals surface area contributed by atoms with E-state index >= 15 is 0 Å². The average Bonchev–Trinajstić information content (AvgIpc) is 3.41. The maximum Gasteiger partial charge on any atom is 0.238 e. The van der Waals surface area contributed by atoms with Gasteiger partial charge >= 0.3 is 0 Å². The van der Waals surface area contributed by atoms with Crippen molar-refractivity contribution < 1.29 is 9.59 Å². The predicted molar refractivity (Wildman–Crippen MR) is 150 cm³/mol. The first-order chi connectivity index (χ1) is 18.8. The molecule has 0 saturated carbocycles. The maximum absolute atomic E-state index is 13.2. The molecule has 2 atom stereocenters. The van der Waals surface area contributed by atoms with E-state index in [0.717, 1.165) is 34.3 Å². The topological polar surface area (TPSA) is 87.2 Å². The number of rotatable bonds is 4. The van der Waals surface area contributed by atoms with Crippen LogP contribution in [0.25, 0.3) is 10.9 Å². The van der Waals surface area contributed by atoms with E-state index in [0.29, 0.717) is 31.6 Å². The second-order valence-corrected chi connectivity index (χ2v) is 11.9. The first-order valence-electron chi connectivity index (χ1n) is 13.6. The fraction of sp³-hybridized carbons (Fsp3) is 0.312. The van der Waals surface area contributed by atoms with Crippen LogP contribution < -0.4 is 10.6 Å². The third kappa shape index (κ3) is 4.08. The van der Waals surface area contributed by atoms with Gasteiger partial charge in [-0.3, -0.25) is 19.5 Å². The molecule has 1 aliphatic carbocycles. The Morgan fingerprint density at radius 3 is 2.59 bits per heavy atom. The minimum absolute atomic E-state index is 0.0283. The van der Waals surface area contributed by atoms with Crippen molar-refractivity contribution in [1.82, 2.24) is 20.2 Å². The standard InChI is InChI=1S/C32H31N5O2/c1-31(2)19-37(27(29(38)36-31)13-20-7-4-3-5-8-20)18-24-11-10-21-14-22-16-32(17-23(22)15-26(21)34-24)25-9-6-12-33-28(25)35-30(32)39/h3-12,14-15,27H,13,16-19H2,1-2H3,(H,36,38)(H,33,35,39)/t27-,32?/m0/s1. The molecule has 196 valence electrons. The fourth-order valence-corrected chi connectivity index (χ4v) is 6.70. The molecular formula is C32H31N5O2. The number of benzene rings is 2. The average molecular weight is 518 g/mol. The normalized spacial score (nSPS) is 23.5. The maximum atomic E-state index is 13.2. The van der Waals surface area contributed by atoms with Crippen molar-refractivity contribution in [2.24, 2.45) is 0 Å². The molecule has 1 saturated heterocycles. The first kappa shape index (κ1) is 24.0. The number of carbonyl (C=O) groups is 2. The Balaban J connectivity index is 1.19. The molecule has 2 aliphatic heterocycles. The number of hydrogen-bond donors (Lipinski definition) is 2. The highest BCUT2D eigenvalue weighted by Crippen LogP contribution is 2.47. The van der Waals surface area contributed by atoms with E-state index in [1.54, 1.807) is 6.20 Å². The quantitative estimate of drug-likeness (QED) is 0.428. The third-order valence-electron chi connectivity index (χ3n) is 8.48. The van der Waals surface area contributed by atoms with Gasteiger partial charge in [-0.2, -0.15) is 0 Å². The molecule has 7 nitrogen and oxygen atoms in total. The Hall–Kier alpha value is -4.10. The summed E-state index contributed by atoms with van der Waals surface area (Å²) < 4.78 is 0. The second kappa shape index (κ2) is 8.71. The molecule has 2 amide bonds. The SMILES string of the molecule is CC1(C)CN(Cc2ccc3cc4c(cc3n2)CC2(C4)C(=O)Nc3ncccc32)[C@@H](Cc2ccccc2)C(=O)N1. The lowest BCUT2D eigenvalue weighted by atomic mass is 9.79. The molecule has 4 aromatic rings. The highest BCUT2D eigenvalue weighted by atomic mass is 16.2. The van der Waals surface area contributed by atoms with E-state index in [9.17, 15) is 9.59 Å². The van der Waals surface area contributed by atoms with Crippen molar-refractivity contribution in [2.75, 3.05) is 11.9 Å². The lowest BCUT2D eigenvalue weighted by molar-refractivity contribution is -0.133. The number of pyridine rings is 2. The van der Waals surface area contributed by atoms with E-state index in [1.807, 2.05) is 30.3 Å². The minimum Gasteiger partial charge on any atom is -0.349 e. The van der Waals surface area contributed by atoms with Gasteiger partial charge in [0.2, 0.25) is 11.8 Å². The van der Waals surface area contributed by atoms with E-state index in [1.165, 1.54) is 11.1 Å². The van der Waals surface area contributed by atoms with Gasteiger partial charge in [-0.15, -0.1) is 0 Å². The van der Waals surface area contributed by atoms with Crippen molar-refractivity contribution >= 4 is 28.5 Å². The van der Waals surface area contributed by atoms with Crippen LogP contribution in [0.1, 0.15) is 41.8 Å². The zero-order chi connectivity index (χ0) is 26.8. The highest BCUT2D eigenvalue weighted by Gasteiger charge is 2.51. The van der Waals surface area contributed by atoms with Crippen LogP contribution in [-0.4, -0.2) is 44.8 Å². The Bertz CT molecular complexity index is 1630. The Kier molecular flexibility index (Phi) is 5.36. The minimum atomic E-state index is -0.594. The van der Waals surface area contributed by atoms with Crippen molar-refractivity contribution in [3.8, 4) is 0 Å². The summed E-state index contributed by atoms with van der Waals surface area (Å²) in [5.41, 5.74) is 5.44. The number of amides is 2.